The van der Waals surface area contributed by atoms with Gasteiger partial charge in [0.2, 0.25) is 0 Å². The number of fused-ring (bicyclic) bond motifs is 3. The second kappa shape index (κ2) is 5.48. The fourth-order valence-electron chi connectivity index (χ4n) is 2.47. The van der Waals surface area contributed by atoms with Gasteiger partial charge in [-0.15, -0.1) is 0 Å². The maximum absolute atomic E-state index is 5.46. The van der Waals surface area contributed by atoms with Crippen LogP contribution in [0.5, 0.6) is 0 Å². The molecule has 0 bridgehead atoms. The number of hydrogen-bond acceptors (Lipinski definition) is 3. The van der Waals surface area contributed by atoms with E-state index < -0.39 is 0 Å². The number of thiocarbonyl (C=S) groups is 1. The topological polar surface area (TPSA) is 24.9 Å². The van der Waals surface area contributed by atoms with Crippen LogP contribution in [0.3, 0.4) is 0 Å². The van der Waals surface area contributed by atoms with Crippen molar-refractivity contribution in [2.75, 3.05) is 5.32 Å². The van der Waals surface area contributed by atoms with Gasteiger partial charge in [0.1, 0.15) is 4.99 Å². The third-order valence-corrected chi connectivity index (χ3v) is 4.89. The summed E-state index contributed by atoms with van der Waals surface area (Å²) < 4.78 is 1.19. The van der Waals surface area contributed by atoms with E-state index in [1.54, 1.807) is 11.3 Å². The predicted molar refractivity (Wildman–Crippen MR) is 98.9 cm³/mol. The summed E-state index contributed by atoms with van der Waals surface area (Å²) in [4.78, 5) is 5.35. The molecular formula is C18H12N2S2. The van der Waals surface area contributed by atoms with Gasteiger partial charge in [0.15, 0.2) is 5.13 Å². The molecule has 2 nitrogen and oxygen atoms in total. The molecular weight excluding hydrogens is 308 g/mol. The Kier molecular flexibility index (Phi) is 3.33. The Hall–Kier alpha value is -2.30. The molecule has 0 saturated heterocycles. The highest BCUT2D eigenvalue weighted by atomic mass is 32.1. The van der Waals surface area contributed by atoms with E-state index in [0.29, 0.717) is 4.99 Å². The maximum Gasteiger partial charge on any atom is 0.188 e. The van der Waals surface area contributed by atoms with Gasteiger partial charge in [-0.1, -0.05) is 84.2 Å². The van der Waals surface area contributed by atoms with Crippen molar-refractivity contribution in [2.24, 2.45) is 0 Å². The Labute approximate surface area is 137 Å². The predicted octanol–water partition coefficient (Wildman–Crippen LogP) is 5.24. The fourth-order valence-corrected chi connectivity index (χ4v) is 3.77. The maximum atomic E-state index is 5.46. The van der Waals surface area contributed by atoms with Gasteiger partial charge < -0.3 is 5.32 Å². The first-order chi connectivity index (χ1) is 10.8. The fraction of sp³-hybridized carbons (Fsp3) is 0. The third kappa shape index (κ3) is 2.36. The van der Waals surface area contributed by atoms with Crippen LogP contribution in [-0.2, 0) is 0 Å². The molecule has 0 atom stereocenters. The lowest BCUT2D eigenvalue weighted by Gasteiger charge is -2.03. The van der Waals surface area contributed by atoms with E-state index in [2.05, 4.69) is 46.7 Å². The zero-order valence-electron chi connectivity index (χ0n) is 11.6. The Morgan fingerprint density at radius 1 is 0.909 bits per heavy atom. The SMILES string of the molecule is S=C(Nc1nc2ccc3ccccc3c2s1)c1ccccc1. The molecule has 0 aliphatic rings. The van der Waals surface area contributed by atoms with Crippen LogP contribution in [0.2, 0.25) is 0 Å². The zero-order chi connectivity index (χ0) is 14.9. The van der Waals surface area contributed by atoms with Gasteiger partial charge >= 0.3 is 0 Å². The molecule has 1 aromatic heterocycles. The number of thiazole rings is 1. The van der Waals surface area contributed by atoms with Crippen LogP contribution in [0.1, 0.15) is 5.56 Å². The standard InChI is InChI=1S/C18H12N2S2/c21-17(13-7-2-1-3-8-13)20-18-19-15-11-10-12-6-4-5-9-14(12)16(15)22-18/h1-11H,(H,19,20,21). The highest BCUT2D eigenvalue weighted by molar-refractivity contribution is 7.81. The number of nitrogens with one attached hydrogen (secondary N) is 1. The monoisotopic (exact) mass is 320 g/mol. The van der Waals surface area contributed by atoms with E-state index in [1.807, 2.05) is 30.3 Å². The summed E-state index contributed by atoms with van der Waals surface area (Å²) in [6.07, 6.45) is 0. The summed E-state index contributed by atoms with van der Waals surface area (Å²) in [5.74, 6) is 0. The van der Waals surface area contributed by atoms with Crippen molar-refractivity contribution in [3.8, 4) is 0 Å². The van der Waals surface area contributed by atoms with Gasteiger partial charge in [0.25, 0.3) is 0 Å². The Morgan fingerprint density at radius 2 is 1.68 bits per heavy atom. The number of hydrogen-bond donors (Lipinski definition) is 1. The van der Waals surface area contributed by atoms with Crippen LogP contribution in [-0.4, -0.2) is 9.97 Å². The number of rotatable bonds is 2. The molecule has 1 heterocycles. The molecule has 3 aromatic carbocycles. The normalized spacial score (nSPS) is 10.9. The lowest BCUT2D eigenvalue weighted by Crippen LogP contribution is -2.09. The minimum atomic E-state index is 0.698. The highest BCUT2D eigenvalue weighted by Gasteiger charge is 2.09. The van der Waals surface area contributed by atoms with E-state index in [1.165, 1.54) is 15.5 Å². The molecule has 0 fully saturated rings. The lowest BCUT2D eigenvalue weighted by atomic mass is 10.1. The molecule has 0 radical (unpaired) electrons. The summed E-state index contributed by atoms with van der Waals surface area (Å²) >= 11 is 7.10. The largest absolute Gasteiger partial charge is 0.322 e. The quantitative estimate of drug-likeness (QED) is 0.511. The van der Waals surface area contributed by atoms with Crippen LogP contribution in [0.25, 0.3) is 21.0 Å². The van der Waals surface area contributed by atoms with Gasteiger partial charge in [-0.05, 0) is 11.5 Å². The van der Waals surface area contributed by atoms with E-state index in [4.69, 9.17) is 12.2 Å². The first kappa shape index (κ1) is 13.4. The van der Waals surface area contributed by atoms with Gasteiger partial charge in [0, 0.05) is 10.9 Å². The van der Waals surface area contributed by atoms with Crippen LogP contribution in [0.4, 0.5) is 5.13 Å². The molecule has 106 valence electrons. The molecule has 0 saturated carbocycles. The molecule has 0 amide bonds. The molecule has 0 aliphatic carbocycles. The van der Waals surface area contributed by atoms with Crippen LogP contribution in [0.15, 0.2) is 66.7 Å². The summed E-state index contributed by atoms with van der Waals surface area (Å²) in [5, 5.41) is 6.55. The number of benzene rings is 3. The van der Waals surface area contributed by atoms with Crippen LogP contribution >= 0.6 is 23.6 Å². The van der Waals surface area contributed by atoms with Crippen molar-refractivity contribution >= 4 is 54.7 Å². The molecule has 0 spiro atoms. The van der Waals surface area contributed by atoms with Gasteiger partial charge in [-0.2, -0.15) is 0 Å². The summed E-state index contributed by atoms with van der Waals surface area (Å²) in [5.41, 5.74) is 2.00. The average Bonchev–Trinajstić information content (AvgIpc) is 2.98. The van der Waals surface area contributed by atoms with Crippen molar-refractivity contribution < 1.29 is 0 Å². The smallest absolute Gasteiger partial charge is 0.188 e. The number of anilines is 1. The summed E-state index contributed by atoms with van der Waals surface area (Å²) in [7, 11) is 0. The molecule has 4 aromatic rings. The number of aromatic nitrogens is 1. The second-order valence-corrected chi connectivity index (χ2v) is 6.38. The van der Waals surface area contributed by atoms with Gasteiger partial charge in [-0.25, -0.2) is 4.98 Å². The zero-order valence-corrected chi connectivity index (χ0v) is 13.2. The van der Waals surface area contributed by atoms with E-state index in [9.17, 15) is 0 Å². The third-order valence-electron chi connectivity index (χ3n) is 3.54. The Bertz CT molecular complexity index is 974. The molecule has 0 unspecified atom stereocenters. The van der Waals surface area contributed by atoms with Crippen LogP contribution in [0, 0.1) is 0 Å². The van der Waals surface area contributed by atoms with Crippen molar-refractivity contribution in [3.63, 3.8) is 0 Å². The van der Waals surface area contributed by atoms with Crippen molar-refractivity contribution in [1.29, 1.82) is 0 Å². The lowest BCUT2D eigenvalue weighted by molar-refractivity contribution is 1.48. The molecule has 0 aliphatic heterocycles. The minimum Gasteiger partial charge on any atom is -0.322 e. The highest BCUT2D eigenvalue weighted by Crippen LogP contribution is 2.32. The first-order valence-electron chi connectivity index (χ1n) is 6.96. The van der Waals surface area contributed by atoms with Crippen LogP contribution < -0.4 is 5.32 Å². The second-order valence-electron chi connectivity index (χ2n) is 4.97. The first-order valence-corrected chi connectivity index (χ1v) is 8.18. The Morgan fingerprint density at radius 3 is 2.55 bits per heavy atom. The van der Waals surface area contributed by atoms with E-state index >= 15 is 0 Å². The van der Waals surface area contributed by atoms with E-state index in [0.717, 1.165) is 16.2 Å². The molecule has 4 heteroatoms. The van der Waals surface area contributed by atoms with Crippen molar-refractivity contribution in [3.05, 3.63) is 72.3 Å². The number of nitrogens with zero attached hydrogens (tertiary/aromatic N) is 1. The van der Waals surface area contributed by atoms with Gasteiger partial charge in [-0.3, -0.25) is 0 Å². The van der Waals surface area contributed by atoms with Crippen molar-refractivity contribution in [1.82, 2.24) is 4.98 Å². The van der Waals surface area contributed by atoms with Gasteiger partial charge in [0.05, 0.1) is 10.2 Å². The molecule has 1 N–H and O–H groups in total. The minimum absolute atomic E-state index is 0.698. The summed E-state index contributed by atoms with van der Waals surface area (Å²) in [6.45, 7) is 0. The molecule has 4 rings (SSSR count). The molecule has 22 heavy (non-hydrogen) atoms. The van der Waals surface area contributed by atoms with Crippen molar-refractivity contribution in [2.45, 2.75) is 0 Å². The Balaban J connectivity index is 1.74. The van der Waals surface area contributed by atoms with E-state index in [-0.39, 0.29) is 0 Å². The summed E-state index contributed by atoms with van der Waals surface area (Å²) in [6, 6.07) is 22.5. The average molecular weight is 320 g/mol.